The first-order valence-corrected chi connectivity index (χ1v) is 5.45. The molecule has 14 heavy (non-hydrogen) atoms. The molecule has 0 aliphatic heterocycles. The van der Waals surface area contributed by atoms with Crippen molar-refractivity contribution in [3.05, 3.63) is 17.2 Å². The van der Waals surface area contributed by atoms with Gasteiger partial charge in [-0.2, -0.15) is 0 Å². The van der Waals surface area contributed by atoms with Gasteiger partial charge in [-0.1, -0.05) is 24.4 Å². The maximum Gasteiger partial charge on any atom is 0.150 e. The lowest BCUT2D eigenvalue weighted by atomic mass is 9.83. The molecule has 2 rings (SSSR count). The van der Waals surface area contributed by atoms with E-state index in [1.165, 1.54) is 12.8 Å². The molecule has 0 atom stereocenters. The molecule has 1 fully saturated rings. The second-order valence-corrected chi connectivity index (χ2v) is 4.54. The highest BCUT2D eigenvalue weighted by molar-refractivity contribution is 6.30. The minimum atomic E-state index is 0.0856. The van der Waals surface area contributed by atoms with Crippen molar-refractivity contribution in [3.63, 3.8) is 0 Å². The van der Waals surface area contributed by atoms with E-state index in [9.17, 15) is 0 Å². The molecule has 0 radical (unpaired) electrons. The summed E-state index contributed by atoms with van der Waals surface area (Å²) in [4.78, 5) is 4.13. The zero-order valence-electron chi connectivity index (χ0n) is 8.46. The summed E-state index contributed by atoms with van der Waals surface area (Å²) in [6, 6.07) is 0. The van der Waals surface area contributed by atoms with Crippen molar-refractivity contribution in [2.45, 2.75) is 31.1 Å². The molecule has 1 aliphatic carbocycles. The average molecular weight is 214 g/mol. The van der Waals surface area contributed by atoms with Crippen molar-refractivity contribution in [2.75, 3.05) is 6.54 Å². The molecule has 1 aromatic rings. The molecule has 4 heteroatoms. The van der Waals surface area contributed by atoms with Gasteiger partial charge in [0.2, 0.25) is 0 Å². The van der Waals surface area contributed by atoms with Gasteiger partial charge in [-0.25, -0.2) is 4.98 Å². The van der Waals surface area contributed by atoms with Crippen LogP contribution in [-0.2, 0) is 12.5 Å². The van der Waals surface area contributed by atoms with E-state index >= 15 is 0 Å². The summed E-state index contributed by atoms with van der Waals surface area (Å²) in [5, 5.41) is 0.625. The van der Waals surface area contributed by atoms with E-state index in [4.69, 9.17) is 17.3 Å². The molecular weight excluding hydrogens is 198 g/mol. The minimum absolute atomic E-state index is 0.0856. The number of imidazole rings is 1. The monoisotopic (exact) mass is 213 g/mol. The fourth-order valence-electron chi connectivity index (χ4n) is 2.58. The van der Waals surface area contributed by atoms with Crippen LogP contribution in [-0.4, -0.2) is 16.1 Å². The average Bonchev–Trinajstić information content (AvgIpc) is 2.75. The van der Waals surface area contributed by atoms with Gasteiger partial charge in [0.25, 0.3) is 0 Å². The first kappa shape index (κ1) is 9.99. The van der Waals surface area contributed by atoms with Crippen molar-refractivity contribution in [1.29, 1.82) is 0 Å². The zero-order valence-corrected chi connectivity index (χ0v) is 9.22. The fourth-order valence-corrected chi connectivity index (χ4v) is 2.96. The molecule has 0 amide bonds. The molecule has 1 saturated carbocycles. The molecule has 0 bridgehead atoms. The lowest BCUT2D eigenvalue weighted by molar-refractivity contribution is 0.426. The first-order chi connectivity index (χ1) is 6.69. The molecule has 3 nitrogen and oxygen atoms in total. The first-order valence-electron chi connectivity index (χ1n) is 5.07. The van der Waals surface area contributed by atoms with Gasteiger partial charge < -0.3 is 10.3 Å². The normalized spacial score (nSPS) is 20.2. The quantitative estimate of drug-likeness (QED) is 0.815. The summed E-state index contributed by atoms with van der Waals surface area (Å²) >= 11 is 6.11. The van der Waals surface area contributed by atoms with E-state index in [1.54, 1.807) is 6.33 Å². The van der Waals surface area contributed by atoms with Gasteiger partial charge in [-0.3, -0.25) is 0 Å². The number of hydrogen-bond donors (Lipinski definition) is 1. The predicted octanol–water partition coefficient (Wildman–Crippen LogP) is 1.84. The van der Waals surface area contributed by atoms with E-state index in [2.05, 4.69) is 4.98 Å². The van der Waals surface area contributed by atoms with E-state index in [-0.39, 0.29) is 5.41 Å². The maximum absolute atomic E-state index is 6.11. The Morgan fingerprint density at radius 3 is 2.64 bits per heavy atom. The predicted molar refractivity (Wildman–Crippen MR) is 57.4 cm³/mol. The van der Waals surface area contributed by atoms with Gasteiger partial charge in [0.1, 0.15) is 0 Å². The Morgan fingerprint density at radius 2 is 2.21 bits per heavy atom. The molecule has 0 unspecified atom stereocenters. The summed E-state index contributed by atoms with van der Waals surface area (Å²) in [5.74, 6) is 0. The third-order valence-electron chi connectivity index (χ3n) is 3.35. The van der Waals surface area contributed by atoms with E-state index in [1.807, 2.05) is 11.6 Å². The van der Waals surface area contributed by atoms with Gasteiger partial charge in [-0.15, -0.1) is 0 Å². The van der Waals surface area contributed by atoms with Crippen molar-refractivity contribution < 1.29 is 0 Å². The van der Waals surface area contributed by atoms with E-state index in [0.717, 1.165) is 18.5 Å². The number of nitrogens with zero attached hydrogens (tertiary/aromatic N) is 2. The molecule has 0 spiro atoms. The number of nitrogens with two attached hydrogens (primary N) is 1. The fraction of sp³-hybridized carbons (Fsp3) is 0.700. The largest absolute Gasteiger partial charge is 0.336 e. The second-order valence-electron chi connectivity index (χ2n) is 4.19. The van der Waals surface area contributed by atoms with Gasteiger partial charge in [0, 0.05) is 19.0 Å². The SMILES string of the molecule is Cn1cnc(Cl)c1C1(CN)CCCC1. The number of hydrogen-bond acceptors (Lipinski definition) is 2. The van der Waals surface area contributed by atoms with E-state index in [0.29, 0.717) is 11.7 Å². The summed E-state index contributed by atoms with van der Waals surface area (Å²) in [6.45, 7) is 0.673. The summed E-state index contributed by atoms with van der Waals surface area (Å²) in [7, 11) is 1.99. The molecule has 1 heterocycles. The Kier molecular flexibility index (Phi) is 2.54. The van der Waals surface area contributed by atoms with Crippen LogP contribution in [0.1, 0.15) is 31.4 Å². The van der Waals surface area contributed by atoms with Crippen molar-refractivity contribution in [3.8, 4) is 0 Å². The summed E-state index contributed by atoms with van der Waals surface area (Å²) < 4.78 is 2.01. The van der Waals surface area contributed by atoms with Gasteiger partial charge in [0.15, 0.2) is 5.15 Å². The molecule has 0 aromatic carbocycles. The topological polar surface area (TPSA) is 43.8 Å². The van der Waals surface area contributed by atoms with Crippen LogP contribution in [0.2, 0.25) is 5.15 Å². The summed E-state index contributed by atoms with van der Waals surface area (Å²) in [6.07, 6.45) is 6.55. The molecule has 0 saturated heterocycles. The van der Waals surface area contributed by atoms with Crippen molar-refractivity contribution in [2.24, 2.45) is 12.8 Å². The van der Waals surface area contributed by atoms with Gasteiger partial charge in [0.05, 0.1) is 12.0 Å². The highest BCUT2D eigenvalue weighted by atomic mass is 35.5. The second kappa shape index (κ2) is 3.55. The van der Waals surface area contributed by atoms with Crippen molar-refractivity contribution in [1.82, 2.24) is 9.55 Å². The van der Waals surface area contributed by atoms with Crippen molar-refractivity contribution >= 4 is 11.6 Å². The third-order valence-corrected chi connectivity index (χ3v) is 3.62. The van der Waals surface area contributed by atoms with Gasteiger partial charge >= 0.3 is 0 Å². The smallest absolute Gasteiger partial charge is 0.150 e. The Balaban J connectivity index is 2.45. The number of aryl methyl sites for hydroxylation is 1. The van der Waals surface area contributed by atoms with Crippen LogP contribution >= 0.6 is 11.6 Å². The van der Waals surface area contributed by atoms with Crippen LogP contribution in [0.3, 0.4) is 0 Å². The number of halogens is 1. The van der Waals surface area contributed by atoms with Crippen LogP contribution in [0, 0.1) is 0 Å². The van der Waals surface area contributed by atoms with Gasteiger partial charge in [-0.05, 0) is 12.8 Å². The molecular formula is C10H16ClN3. The molecule has 1 aromatic heterocycles. The van der Waals surface area contributed by atoms with E-state index < -0.39 is 0 Å². The summed E-state index contributed by atoms with van der Waals surface area (Å²) in [5.41, 5.74) is 7.11. The van der Waals surface area contributed by atoms with Crippen LogP contribution in [0.4, 0.5) is 0 Å². The number of rotatable bonds is 2. The molecule has 78 valence electrons. The Hall–Kier alpha value is -0.540. The molecule has 1 aliphatic rings. The Bertz CT molecular complexity index is 307. The van der Waals surface area contributed by atoms with Crippen LogP contribution in [0.15, 0.2) is 6.33 Å². The van der Waals surface area contributed by atoms with Crippen LogP contribution in [0.5, 0.6) is 0 Å². The lowest BCUT2D eigenvalue weighted by Gasteiger charge is -2.27. The Morgan fingerprint density at radius 1 is 1.57 bits per heavy atom. The standard InChI is InChI=1S/C10H16ClN3/c1-14-7-13-9(11)8(14)10(6-12)4-2-3-5-10/h7H,2-6,12H2,1H3. The zero-order chi connectivity index (χ0) is 10.2. The highest BCUT2D eigenvalue weighted by Gasteiger charge is 2.38. The highest BCUT2D eigenvalue weighted by Crippen LogP contribution is 2.42. The molecule has 2 N–H and O–H groups in total. The van der Waals surface area contributed by atoms with Crippen LogP contribution < -0.4 is 5.73 Å². The third kappa shape index (κ3) is 1.35. The maximum atomic E-state index is 6.11. The Labute approximate surface area is 89.3 Å². The van der Waals surface area contributed by atoms with Crippen LogP contribution in [0.25, 0.3) is 0 Å². The lowest BCUT2D eigenvalue weighted by Crippen LogP contribution is -2.34. The minimum Gasteiger partial charge on any atom is -0.336 e. The number of aromatic nitrogens is 2.